The molecule has 0 heterocycles. The van der Waals surface area contributed by atoms with Crippen LogP contribution in [0, 0.1) is 5.82 Å². The number of halogens is 1. The Hall–Kier alpha value is -1.07. The summed E-state index contributed by atoms with van der Waals surface area (Å²) in [7, 11) is 1.61. The van der Waals surface area contributed by atoms with Crippen LogP contribution in [-0.4, -0.2) is 29.4 Å². The van der Waals surface area contributed by atoms with Gasteiger partial charge in [-0.1, -0.05) is 0 Å². The molecule has 0 fully saturated rings. The van der Waals surface area contributed by atoms with Crippen LogP contribution >= 0.6 is 11.8 Å². The summed E-state index contributed by atoms with van der Waals surface area (Å²) < 4.78 is 12.6. The van der Waals surface area contributed by atoms with Crippen molar-refractivity contribution >= 4 is 17.7 Å². The molecule has 0 saturated carbocycles. The van der Waals surface area contributed by atoms with Crippen LogP contribution in [-0.2, 0) is 4.79 Å². The van der Waals surface area contributed by atoms with E-state index in [1.165, 1.54) is 23.9 Å². The smallest absolute Gasteiger partial charge is 0.324 e. The summed E-state index contributed by atoms with van der Waals surface area (Å²) in [5, 5.41) is 11.8. The molecule has 88 valence electrons. The topological polar surface area (TPSA) is 49.3 Å². The molecule has 0 bridgehead atoms. The molecule has 2 N–H and O–H groups in total. The first-order valence-corrected chi connectivity index (χ1v) is 5.77. The van der Waals surface area contributed by atoms with Gasteiger partial charge in [0.25, 0.3) is 0 Å². The van der Waals surface area contributed by atoms with Gasteiger partial charge in [0.15, 0.2) is 0 Å². The van der Waals surface area contributed by atoms with E-state index in [0.717, 1.165) is 4.90 Å². The van der Waals surface area contributed by atoms with Crippen LogP contribution in [0.4, 0.5) is 4.39 Å². The second-order valence-corrected chi connectivity index (χ2v) is 4.68. The molecule has 0 aliphatic carbocycles. The fourth-order valence-corrected chi connectivity index (χ4v) is 2.05. The molecular weight excluding hydrogens is 229 g/mol. The molecule has 1 atom stereocenters. The fraction of sp³-hybridized carbons (Fsp3) is 0.364. The molecule has 0 aliphatic heterocycles. The zero-order valence-electron chi connectivity index (χ0n) is 9.16. The van der Waals surface area contributed by atoms with Crippen molar-refractivity contribution in [3.63, 3.8) is 0 Å². The molecule has 0 amide bonds. The van der Waals surface area contributed by atoms with Crippen molar-refractivity contribution in [3.05, 3.63) is 30.1 Å². The Morgan fingerprint density at radius 3 is 2.50 bits per heavy atom. The third-order valence-corrected chi connectivity index (χ3v) is 3.69. The Morgan fingerprint density at radius 2 is 2.06 bits per heavy atom. The molecule has 16 heavy (non-hydrogen) atoms. The number of carboxylic acid groups (broad SMARTS) is 1. The number of likely N-dealkylation sites (N-methyl/N-ethyl adjacent to an activating group) is 1. The van der Waals surface area contributed by atoms with Crippen molar-refractivity contribution in [2.24, 2.45) is 0 Å². The minimum absolute atomic E-state index is 0.293. The first kappa shape index (κ1) is 13.0. The predicted octanol–water partition coefficient (Wildman–Crippen LogP) is 1.98. The van der Waals surface area contributed by atoms with Gasteiger partial charge in [0.2, 0.25) is 0 Å². The molecule has 0 aromatic heterocycles. The van der Waals surface area contributed by atoms with Gasteiger partial charge in [-0.05, 0) is 38.2 Å². The van der Waals surface area contributed by atoms with Crippen LogP contribution in [0.2, 0.25) is 0 Å². The van der Waals surface area contributed by atoms with Crippen molar-refractivity contribution in [1.29, 1.82) is 0 Å². The van der Waals surface area contributed by atoms with E-state index in [-0.39, 0.29) is 5.82 Å². The molecule has 1 rings (SSSR count). The molecule has 0 saturated heterocycles. The summed E-state index contributed by atoms with van der Waals surface area (Å²) in [6.07, 6.45) is 0. The lowest BCUT2D eigenvalue weighted by molar-refractivity contribution is -0.142. The van der Waals surface area contributed by atoms with E-state index in [0.29, 0.717) is 5.75 Å². The quantitative estimate of drug-likeness (QED) is 0.776. The Morgan fingerprint density at radius 1 is 1.50 bits per heavy atom. The lowest BCUT2D eigenvalue weighted by Gasteiger charge is -2.23. The maximum absolute atomic E-state index is 12.6. The Kier molecular flexibility index (Phi) is 4.32. The summed E-state index contributed by atoms with van der Waals surface area (Å²) in [6.45, 7) is 1.62. The maximum Gasteiger partial charge on any atom is 0.324 e. The van der Waals surface area contributed by atoms with Crippen LogP contribution in [0.1, 0.15) is 6.92 Å². The van der Waals surface area contributed by atoms with Gasteiger partial charge < -0.3 is 10.4 Å². The highest BCUT2D eigenvalue weighted by atomic mass is 32.2. The number of carboxylic acids is 1. The van der Waals surface area contributed by atoms with Crippen LogP contribution in [0.25, 0.3) is 0 Å². The molecule has 1 aromatic rings. The molecule has 3 nitrogen and oxygen atoms in total. The van der Waals surface area contributed by atoms with Gasteiger partial charge in [0, 0.05) is 10.6 Å². The molecular formula is C11H14FNO2S. The van der Waals surface area contributed by atoms with Crippen molar-refractivity contribution in [2.75, 3.05) is 12.8 Å². The minimum Gasteiger partial charge on any atom is -0.480 e. The summed E-state index contributed by atoms with van der Waals surface area (Å²) >= 11 is 1.38. The van der Waals surface area contributed by atoms with Crippen LogP contribution in [0.15, 0.2) is 29.2 Å². The van der Waals surface area contributed by atoms with Crippen LogP contribution in [0.5, 0.6) is 0 Å². The van der Waals surface area contributed by atoms with Crippen molar-refractivity contribution in [2.45, 2.75) is 17.4 Å². The van der Waals surface area contributed by atoms with Crippen LogP contribution in [0.3, 0.4) is 0 Å². The second kappa shape index (κ2) is 5.32. The van der Waals surface area contributed by atoms with Crippen molar-refractivity contribution in [1.82, 2.24) is 5.32 Å². The highest BCUT2D eigenvalue weighted by Gasteiger charge is 2.30. The molecule has 1 aromatic carbocycles. The normalized spacial score (nSPS) is 14.4. The lowest BCUT2D eigenvalue weighted by atomic mass is 10.1. The number of thioether (sulfide) groups is 1. The third kappa shape index (κ3) is 3.21. The van der Waals surface area contributed by atoms with Gasteiger partial charge >= 0.3 is 5.97 Å². The van der Waals surface area contributed by atoms with E-state index in [1.807, 2.05) is 0 Å². The van der Waals surface area contributed by atoms with E-state index in [1.54, 1.807) is 26.1 Å². The Balaban J connectivity index is 2.63. The second-order valence-electron chi connectivity index (χ2n) is 3.63. The summed E-state index contributed by atoms with van der Waals surface area (Å²) in [5.41, 5.74) is -0.973. The van der Waals surface area contributed by atoms with Gasteiger partial charge in [0.1, 0.15) is 11.4 Å². The van der Waals surface area contributed by atoms with Crippen molar-refractivity contribution < 1.29 is 14.3 Å². The number of hydrogen-bond acceptors (Lipinski definition) is 3. The van der Waals surface area contributed by atoms with Gasteiger partial charge in [-0.15, -0.1) is 11.8 Å². The maximum atomic E-state index is 12.6. The zero-order valence-corrected chi connectivity index (χ0v) is 9.97. The number of carbonyl (C=O) groups is 1. The summed E-state index contributed by atoms with van der Waals surface area (Å²) in [5.74, 6) is -0.812. The predicted molar refractivity (Wildman–Crippen MR) is 62.2 cm³/mol. The third-order valence-electron chi connectivity index (χ3n) is 2.36. The fourth-order valence-electron chi connectivity index (χ4n) is 0.999. The number of aliphatic carboxylic acids is 1. The molecule has 1 unspecified atom stereocenters. The summed E-state index contributed by atoms with van der Waals surface area (Å²) in [4.78, 5) is 11.8. The molecule has 5 heteroatoms. The van der Waals surface area contributed by atoms with Gasteiger partial charge in [-0.2, -0.15) is 0 Å². The van der Waals surface area contributed by atoms with E-state index in [4.69, 9.17) is 5.11 Å². The van der Waals surface area contributed by atoms with E-state index in [2.05, 4.69) is 5.32 Å². The SMILES string of the molecule is CNC(C)(CSc1ccc(F)cc1)C(=O)O. The van der Waals surface area contributed by atoms with Gasteiger partial charge in [-0.25, -0.2) is 4.39 Å². The van der Waals surface area contributed by atoms with Crippen molar-refractivity contribution in [3.8, 4) is 0 Å². The Labute approximate surface area is 98.1 Å². The number of benzene rings is 1. The highest BCUT2D eigenvalue weighted by molar-refractivity contribution is 7.99. The number of nitrogens with one attached hydrogen (secondary N) is 1. The summed E-state index contributed by atoms with van der Waals surface area (Å²) in [6, 6.07) is 6.00. The first-order valence-electron chi connectivity index (χ1n) is 4.78. The van der Waals surface area contributed by atoms with Gasteiger partial charge in [0.05, 0.1) is 0 Å². The van der Waals surface area contributed by atoms with Crippen LogP contribution < -0.4 is 5.32 Å². The average molecular weight is 243 g/mol. The van der Waals surface area contributed by atoms with E-state index < -0.39 is 11.5 Å². The van der Waals surface area contributed by atoms with E-state index >= 15 is 0 Å². The standard InChI is InChI=1S/C11H14FNO2S/c1-11(13-2,10(14)15)7-16-9-5-3-8(12)4-6-9/h3-6,13H,7H2,1-2H3,(H,14,15). The minimum atomic E-state index is -0.973. The lowest BCUT2D eigenvalue weighted by Crippen LogP contribution is -2.49. The number of hydrogen-bond donors (Lipinski definition) is 2. The average Bonchev–Trinajstić information content (AvgIpc) is 2.27. The highest BCUT2D eigenvalue weighted by Crippen LogP contribution is 2.22. The van der Waals surface area contributed by atoms with Gasteiger partial charge in [-0.3, -0.25) is 4.79 Å². The van der Waals surface area contributed by atoms with E-state index in [9.17, 15) is 9.18 Å². The zero-order chi connectivity index (χ0) is 12.2. The first-order chi connectivity index (χ1) is 7.48. The largest absolute Gasteiger partial charge is 0.480 e. The molecule has 0 radical (unpaired) electrons. The number of rotatable bonds is 5. The monoisotopic (exact) mass is 243 g/mol. The Bertz CT molecular complexity index is 369. The molecule has 0 spiro atoms. The molecule has 0 aliphatic rings.